The van der Waals surface area contributed by atoms with Gasteiger partial charge in [0.25, 0.3) is 0 Å². The molecule has 0 spiro atoms. The summed E-state index contributed by atoms with van der Waals surface area (Å²) < 4.78 is 0. The van der Waals surface area contributed by atoms with E-state index in [1.54, 1.807) is 0 Å². The van der Waals surface area contributed by atoms with Crippen molar-refractivity contribution in [2.45, 2.75) is 20.3 Å². The van der Waals surface area contributed by atoms with Gasteiger partial charge in [-0.2, -0.15) is 0 Å². The first-order chi connectivity index (χ1) is 28.2. The van der Waals surface area contributed by atoms with Crippen molar-refractivity contribution in [1.82, 2.24) is 10.2 Å². The molecule has 0 aliphatic heterocycles. The third kappa shape index (κ3) is 6.94. The van der Waals surface area contributed by atoms with Gasteiger partial charge in [-0.05, 0) is 35.6 Å². The van der Waals surface area contributed by atoms with Gasteiger partial charge in [-0.1, -0.05) is 201 Å². The molecule has 0 amide bonds. The first kappa shape index (κ1) is 35.4. The first-order valence-electron chi connectivity index (χ1n) is 19.5. The van der Waals surface area contributed by atoms with Gasteiger partial charge in [-0.15, -0.1) is 10.2 Å². The number of hydrogen-bond acceptors (Lipinski definition) is 4. The zero-order valence-electron chi connectivity index (χ0n) is 32.0. The predicted octanol–water partition coefficient (Wildman–Crippen LogP) is 14.1. The van der Waals surface area contributed by atoms with Crippen molar-refractivity contribution in [3.05, 3.63) is 205 Å². The van der Waals surface area contributed by atoms with Crippen molar-refractivity contribution in [3.63, 3.8) is 0 Å². The van der Waals surface area contributed by atoms with Crippen molar-refractivity contribution >= 4 is 44.6 Å². The lowest BCUT2D eigenvalue weighted by atomic mass is 9.95. The van der Waals surface area contributed by atoms with E-state index in [0.717, 1.165) is 100 Å². The highest BCUT2D eigenvalue weighted by molar-refractivity contribution is 6.19. The van der Waals surface area contributed by atoms with E-state index >= 15 is 0 Å². The Hall–Kier alpha value is -7.30. The number of benzene rings is 8. The van der Waals surface area contributed by atoms with Crippen LogP contribution in [0.5, 0.6) is 0 Å². The number of nitrogens with zero attached hydrogens (tertiary/aromatic N) is 4. The molecule has 1 heterocycles. The van der Waals surface area contributed by atoms with Gasteiger partial charge < -0.3 is 0 Å². The molecule has 57 heavy (non-hydrogen) atoms. The molecule has 0 aliphatic carbocycles. The molecule has 1 aromatic heterocycles. The number of fused-ring (bicyclic) bond motifs is 3. The van der Waals surface area contributed by atoms with Crippen LogP contribution in [0.1, 0.15) is 31.4 Å². The van der Waals surface area contributed by atoms with Crippen molar-refractivity contribution in [1.29, 1.82) is 0 Å². The topological polar surface area (TPSA) is 50.5 Å². The highest BCUT2D eigenvalue weighted by atomic mass is 15.1. The van der Waals surface area contributed by atoms with Crippen LogP contribution in [-0.2, 0) is 0 Å². The number of aliphatic imine (C=N–C) groups is 2. The molecule has 0 bridgehead atoms. The summed E-state index contributed by atoms with van der Waals surface area (Å²) in [6.45, 7) is 4.23. The second-order valence-electron chi connectivity index (χ2n) is 14.1. The average molecular weight is 733 g/mol. The maximum atomic E-state index is 5.52. The Morgan fingerprint density at radius 1 is 0.386 bits per heavy atom. The van der Waals surface area contributed by atoms with Crippen LogP contribution in [0, 0.1) is 0 Å². The Labute approximate surface area is 333 Å². The van der Waals surface area contributed by atoms with Crippen LogP contribution >= 0.6 is 0 Å². The van der Waals surface area contributed by atoms with E-state index in [1.807, 2.05) is 12.1 Å². The Kier molecular flexibility index (Phi) is 9.82. The summed E-state index contributed by atoms with van der Waals surface area (Å²) in [6.07, 6.45) is 0.715. The van der Waals surface area contributed by atoms with Gasteiger partial charge in [0.1, 0.15) is 11.0 Å². The van der Waals surface area contributed by atoms with Crippen molar-refractivity contribution in [2.24, 2.45) is 9.98 Å². The lowest BCUT2D eigenvalue weighted by Gasteiger charge is -2.16. The molecule has 8 aromatic carbocycles. The SMILES string of the molecule is CC/C(=N\c1c(-c2ccccc2)cccc1-c1ccccc1)c1cccc2c1nnc1c(/C(C)=N/c3c(-c4ccccc4)cccc3-c3ccccc3)cccc12. The van der Waals surface area contributed by atoms with E-state index in [4.69, 9.17) is 20.2 Å². The molecule has 0 saturated heterocycles. The summed E-state index contributed by atoms with van der Waals surface area (Å²) in [5, 5.41) is 12.0. The number of rotatable bonds is 9. The van der Waals surface area contributed by atoms with E-state index in [1.165, 1.54) is 0 Å². The van der Waals surface area contributed by atoms with Gasteiger partial charge >= 0.3 is 0 Å². The van der Waals surface area contributed by atoms with E-state index in [-0.39, 0.29) is 0 Å². The zero-order valence-corrected chi connectivity index (χ0v) is 32.0. The molecule has 272 valence electrons. The molecule has 0 unspecified atom stereocenters. The summed E-state index contributed by atoms with van der Waals surface area (Å²) in [7, 11) is 0. The third-order valence-electron chi connectivity index (χ3n) is 10.6. The van der Waals surface area contributed by atoms with Crippen LogP contribution in [0.4, 0.5) is 11.4 Å². The molecule has 0 aliphatic rings. The van der Waals surface area contributed by atoms with Gasteiger partial charge in [0, 0.05) is 49.9 Å². The summed E-state index contributed by atoms with van der Waals surface area (Å²) in [5.41, 5.74) is 16.1. The number of hydrogen-bond donors (Lipinski definition) is 0. The molecule has 4 heteroatoms. The molecule has 0 radical (unpaired) electrons. The monoisotopic (exact) mass is 732 g/mol. The minimum atomic E-state index is 0.715. The van der Waals surface area contributed by atoms with E-state index in [0.29, 0.717) is 6.42 Å². The van der Waals surface area contributed by atoms with Crippen molar-refractivity contribution in [2.75, 3.05) is 0 Å². The second kappa shape index (κ2) is 15.8. The highest BCUT2D eigenvalue weighted by Crippen LogP contribution is 2.42. The lowest BCUT2D eigenvalue weighted by Crippen LogP contribution is -2.04. The van der Waals surface area contributed by atoms with E-state index < -0.39 is 0 Å². The van der Waals surface area contributed by atoms with Crippen LogP contribution in [0.3, 0.4) is 0 Å². The van der Waals surface area contributed by atoms with Crippen LogP contribution < -0.4 is 0 Å². The Morgan fingerprint density at radius 3 is 1.14 bits per heavy atom. The molecular formula is C53H40N4. The van der Waals surface area contributed by atoms with Gasteiger partial charge in [-0.3, -0.25) is 9.98 Å². The molecule has 0 N–H and O–H groups in total. The molecule has 0 saturated carbocycles. The van der Waals surface area contributed by atoms with E-state index in [2.05, 4.69) is 196 Å². The Balaban J connectivity index is 1.19. The zero-order chi connectivity index (χ0) is 38.6. The molecule has 4 nitrogen and oxygen atoms in total. The summed E-state index contributed by atoms with van der Waals surface area (Å²) in [6, 6.07) is 67.5. The van der Waals surface area contributed by atoms with Gasteiger partial charge in [-0.25, -0.2) is 0 Å². The highest BCUT2D eigenvalue weighted by Gasteiger charge is 2.18. The first-order valence-corrected chi connectivity index (χ1v) is 19.5. The molecular weight excluding hydrogens is 693 g/mol. The largest absolute Gasteiger partial charge is 0.252 e. The minimum absolute atomic E-state index is 0.715. The number of aromatic nitrogens is 2. The normalized spacial score (nSPS) is 12.0. The van der Waals surface area contributed by atoms with Gasteiger partial charge in [0.15, 0.2) is 0 Å². The van der Waals surface area contributed by atoms with Crippen molar-refractivity contribution < 1.29 is 0 Å². The molecule has 0 atom stereocenters. The average Bonchev–Trinajstić information content (AvgIpc) is 3.29. The Bertz CT molecular complexity index is 2800. The summed E-state index contributed by atoms with van der Waals surface area (Å²) >= 11 is 0. The van der Waals surface area contributed by atoms with Crippen LogP contribution in [-0.4, -0.2) is 21.6 Å². The maximum absolute atomic E-state index is 5.52. The maximum Gasteiger partial charge on any atom is 0.103 e. The number of para-hydroxylation sites is 2. The van der Waals surface area contributed by atoms with Crippen LogP contribution in [0.15, 0.2) is 204 Å². The van der Waals surface area contributed by atoms with Gasteiger partial charge in [0.05, 0.1) is 17.1 Å². The predicted molar refractivity (Wildman–Crippen MR) is 240 cm³/mol. The second-order valence-corrected chi connectivity index (χ2v) is 14.1. The van der Waals surface area contributed by atoms with E-state index in [9.17, 15) is 0 Å². The van der Waals surface area contributed by atoms with Crippen LogP contribution in [0.2, 0.25) is 0 Å². The molecule has 9 rings (SSSR count). The lowest BCUT2D eigenvalue weighted by molar-refractivity contribution is 1.12. The Morgan fingerprint density at radius 2 is 0.737 bits per heavy atom. The standard InChI is InChI=1S/C53H40N4/c1-3-49(55-51-44(39-24-12-6-13-25-39)31-18-32-45(51)40-26-14-7-15-27-40)48-35-19-34-47-46-33-16-28-41(52(46)56-57-53(47)48)36(2)54-50-42(37-20-8-4-9-21-37)29-17-30-43(50)38-22-10-5-11-23-38/h4-35H,3H2,1-2H3/b54-36+,55-49+. The van der Waals surface area contributed by atoms with Crippen LogP contribution in [0.25, 0.3) is 66.3 Å². The smallest absolute Gasteiger partial charge is 0.103 e. The summed E-state index contributed by atoms with van der Waals surface area (Å²) in [4.78, 5) is 10.9. The van der Waals surface area contributed by atoms with Crippen molar-refractivity contribution in [3.8, 4) is 44.5 Å². The fourth-order valence-corrected chi connectivity index (χ4v) is 7.79. The fourth-order valence-electron chi connectivity index (χ4n) is 7.79. The fraction of sp³-hybridized carbons (Fsp3) is 0.0566. The molecule has 0 fully saturated rings. The molecule has 9 aromatic rings. The quantitative estimate of drug-likeness (QED) is 0.110. The minimum Gasteiger partial charge on any atom is -0.252 e. The van der Waals surface area contributed by atoms with Gasteiger partial charge in [0.2, 0.25) is 0 Å². The third-order valence-corrected chi connectivity index (χ3v) is 10.6. The summed E-state index contributed by atoms with van der Waals surface area (Å²) in [5.74, 6) is 0.